The van der Waals surface area contributed by atoms with E-state index in [9.17, 15) is 4.79 Å². The molecule has 5 heteroatoms. The van der Waals surface area contributed by atoms with Gasteiger partial charge in [-0.2, -0.15) is 0 Å². The zero-order valence-electron chi connectivity index (χ0n) is 14.5. The lowest BCUT2D eigenvalue weighted by Gasteiger charge is -2.33. The topological polar surface area (TPSA) is 48.5 Å². The molecule has 126 valence electrons. The highest BCUT2D eigenvalue weighted by molar-refractivity contribution is 6.04. The summed E-state index contributed by atoms with van der Waals surface area (Å²) in [5.41, 5.74) is 4.79. The number of nitrogens with zero attached hydrogens (tertiary/aromatic N) is 3. The second-order valence-corrected chi connectivity index (χ2v) is 6.48. The van der Waals surface area contributed by atoms with Gasteiger partial charge >= 0.3 is 0 Å². The van der Waals surface area contributed by atoms with Crippen LogP contribution in [0.2, 0.25) is 0 Å². The van der Waals surface area contributed by atoms with Crippen LogP contribution in [0.3, 0.4) is 0 Å². The Bertz CT molecular complexity index is 736. The van der Waals surface area contributed by atoms with E-state index in [-0.39, 0.29) is 5.91 Å². The molecule has 3 rings (SSSR count). The lowest BCUT2D eigenvalue weighted by molar-refractivity contribution is 0.102. The molecule has 2 aromatic rings. The third-order valence-corrected chi connectivity index (χ3v) is 4.62. The van der Waals surface area contributed by atoms with Crippen LogP contribution in [-0.4, -0.2) is 49.0 Å². The van der Waals surface area contributed by atoms with Crippen molar-refractivity contribution in [3.63, 3.8) is 0 Å². The van der Waals surface area contributed by atoms with Crippen molar-refractivity contribution in [3.8, 4) is 0 Å². The van der Waals surface area contributed by atoms with E-state index in [4.69, 9.17) is 0 Å². The predicted molar refractivity (Wildman–Crippen MR) is 97.8 cm³/mol. The van der Waals surface area contributed by atoms with Crippen LogP contribution in [0, 0.1) is 13.8 Å². The number of carbonyl (C=O) groups is 1. The number of hydrogen-bond acceptors (Lipinski definition) is 4. The average Bonchev–Trinajstić information content (AvgIpc) is 2.59. The smallest absolute Gasteiger partial charge is 0.257 e. The van der Waals surface area contributed by atoms with E-state index in [2.05, 4.69) is 34.1 Å². The van der Waals surface area contributed by atoms with Gasteiger partial charge < -0.3 is 15.1 Å². The summed E-state index contributed by atoms with van der Waals surface area (Å²) in [5, 5.41) is 2.96. The molecule has 1 aromatic carbocycles. The molecule has 5 nitrogen and oxygen atoms in total. The van der Waals surface area contributed by atoms with Crippen LogP contribution in [0.5, 0.6) is 0 Å². The van der Waals surface area contributed by atoms with E-state index >= 15 is 0 Å². The number of piperazine rings is 1. The second-order valence-electron chi connectivity index (χ2n) is 6.48. The van der Waals surface area contributed by atoms with Crippen molar-refractivity contribution in [2.45, 2.75) is 13.8 Å². The van der Waals surface area contributed by atoms with E-state index in [1.165, 1.54) is 5.56 Å². The van der Waals surface area contributed by atoms with Gasteiger partial charge in [-0.1, -0.05) is 6.07 Å². The molecule has 1 saturated heterocycles. The SMILES string of the molecule is Cc1ccc(NC(=O)c2cncc(N3CCN(C)CC3)c2)cc1C. The first-order valence-electron chi connectivity index (χ1n) is 8.30. The molecule has 2 heterocycles. The van der Waals surface area contributed by atoms with Crippen molar-refractivity contribution in [3.05, 3.63) is 53.3 Å². The zero-order valence-corrected chi connectivity index (χ0v) is 14.5. The van der Waals surface area contributed by atoms with Gasteiger partial charge in [0.15, 0.2) is 0 Å². The number of likely N-dealkylation sites (N-methyl/N-ethyl adjacent to an activating group) is 1. The van der Waals surface area contributed by atoms with Crippen LogP contribution in [0.15, 0.2) is 36.7 Å². The molecule has 0 atom stereocenters. The van der Waals surface area contributed by atoms with Gasteiger partial charge in [0.05, 0.1) is 17.4 Å². The maximum Gasteiger partial charge on any atom is 0.257 e. The van der Waals surface area contributed by atoms with Crippen molar-refractivity contribution < 1.29 is 4.79 Å². The summed E-state index contributed by atoms with van der Waals surface area (Å²) in [6, 6.07) is 7.86. The Balaban J connectivity index is 1.73. The number of amides is 1. The van der Waals surface area contributed by atoms with Crippen molar-refractivity contribution in [2.75, 3.05) is 43.4 Å². The number of aromatic nitrogens is 1. The largest absolute Gasteiger partial charge is 0.368 e. The fourth-order valence-electron chi connectivity index (χ4n) is 2.81. The molecule has 0 unspecified atom stereocenters. The van der Waals surface area contributed by atoms with Crippen molar-refractivity contribution in [1.29, 1.82) is 0 Å². The van der Waals surface area contributed by atoms with Gasteiger partial charge in [-0.05, 0) is 50.2 Å². The van der Waals surface area contributed by atoms with Crippen molar-refractivity contribution in [2.24, 2.45) is 0 Å². The van der Waals surface area contributed by atoms with Gasteiger partial charge in [0.2, 0.25) is 0 Å². The number of nitrogens with one attached hydrogen (secondary N) is 1. The van der Waals surface area contributed by atoms with Gasteiger partial charge in [0, 0.05) is 38.1 Å². The summed E-state index contributed by atoms with van der Waals surface area (Å²) in [4.78, 5) is 21.4. The minimum Gasteiger partial charge on any atom is -0.368 e. The Morgan fingerprint density at radius 2 is 1.79 bits per heavy atom. The molecule has 0 bridgehead atoms. The fourth-order valence-corrected chi connectivity index (χ4v) is 2.81. The van der Waals surface area contributed by atoms with Gasteiger partial charge in [-0.15, -0.1) is 0 Å². The molecule has 0 saturated carbocycles. The predicted octanol–water partition coefficient (Wildman–Crippen LogP) is 2.70. The molecule has 0 radical (unpaired) electrons. The normalized spacial score (nSPS) is 15.4. The average molecular weight is 324 g/mol. The van der Waals surface area contributed by atoms with Crippen molar-refractivity contribution in [1.82, 2.24) is 9.88 Å². The number of pyridine rings is 1. The first kappa shape index (κ1) is 16.5. The molecule has 1 aliphatic rings. The summed E-state index contributed by atoms with van der Waals surface area (Å²) < 4.78 is 0. The van der Waals surface area contributed by atoms with E-state index in [1.54, 1.807) is 6.20 Å². The summed E-state index contributed by atoms with van der Waals surface area (Å²) >= 11 is 0. The number of rotatable bonds is 3. The third-order valence-electron chi connectivity index (χ3n) is 4.62. The van der Waals surface area contributed by atoms with Gasteiger partial charge in [0.1, 0.15) is 0 Å². The fraction of sp³-hybridized carbons (Fsp3) is 0.368. The lowest BCUT2D eigenvalue weighted by Crippen LogP contribution is -2.44. The first-order chi connectivity index (χ1) is 11.5. The zero-order chi connectivity index (χ0) is 17.1. The molecule has 0 aliphatic carbocycles. The van der Waals surface area contributed by atoms with Crippen LogP contribution in [0.1, 0.15) is 21.5 Å². The Kier molecular flexibility index (Phi) is 4.81. The molecular weight excluding hydrogens is 300 g/mol. The number of anilines is 2. The molecule has 1 fully saturated rings. The summed E-state index contributed by atoms with van der Waals surface area (Å²) in [7, 11) is 2.13. The molecule has 24 heavy (non-hydrogen) atoms. The molecule has 1 aromatic heterocycles. The van der Waals surface area contributed by atoms with Crippen LogP contribution in [-0.2, 0) is 0 Å². The summed E-state index contributed by atoms with van der Waals surface area (Å²) in [5.74, 6) is -0.123. The minimum atomic E-state index is -0.123. The Morgan fingerprint density at radius 3 is 2.50 bits per heavy atom. The molecule has 1 N–H and O–H groups in total. The van der Waals surface area contributed by atoms with E-state index in [0.717, 1.165) is 43.1 Å². The van der Waals surface area contributed by atoms with Gasteiger partial charge in [-0.3, -0.25) is 9.78 Å². The van der Waals surface area contributed by atoms with E-state index in [1.807, 2.05) is 37.4 Å². The Morgan fingerprint density at radius 1 is 1.04 bits per heavy atom. The Hall–Kier alpha value is -2.40. The third kappa shape index (κ3) is 3.74. The summed E-state index contributed by atoms with van der Waals surface area (Å²) in [6.45, 7) is 8.07. The standard InChI is InChI=1S/C19H24N4O/c1-14-4-5-17(10-15(14)2)21-19(24)16-11-18(13-20-12-16)23-8-6-22(3)7-9-23/h4-5,10-13H,6-9H2,1-3H3,(H,21,24). The molecule has 1 aliphatic heterocycles. The highest BCUT2D eigenvalue weighted by Gasteiger charge is 2.16. The summed E-state index contributed by atoms with van der Waals surface area (Å²) in [6.07, 6.45) is 3.45. The number of aryl methyl sites for hydroxylation is 2. The highest BCUT2D eigenvalue weighted by atomic mass is 16.1. The maximum absolute atomic E-state index is 12.5. The number of benzene rings is 1. The monoisotopic (exact) mass is 324 g/mol. The van der Waals surface area contributed by atoms with Gasteiger partial charge in [0.25, 0.3) is 5.91 Å². The lowest BCUT2D eigenvalue weighted by atomic mass is 10.1. The van der Waals surface area contributed by atoms with Crippen LogP contribution >= 0.6 is 0 Å². The van der Waals surface area contributed by atoms with E-state index < -0.39 is 0 Å². The minimum absolute atomic E-state index is 0.123. The molecule has 1 amide bonds. The molecule has 0 spiro atoms. The second kappa shape index (κ2) is 7.01. The molecular formula is C19H24N4O. The first-order valence-corrected chi connectivity index (χ1v) is 8.30. The van der Waals surface area contributed by atoms with E-state index in [0.29, 0.717) is 5.56 Å². The van der Waals surface area contributed by atoms with Gasteiger partial charge in [-0.25, -0.2) is 0 Å². The van der Waals surface area contributed by atoms with Crippen LogP contribution in [0.4, 0.5) is 11.4 Å². The van der Waals surface area contributed by atoms with Crippen LogP contribution < -0.4 is 10.2 Å². The Labute approximate surface area is 143 Å². The quantitative estimate of drug-likeness (QED) is 0.943. The van der Waals surface area contributed by atoms with Crippen molar-refractivity contribution >= 4 is 17.3 Å². The maximum atomic E-state index is 12.5. The van der Waals surface area contributed by atoms with Crippen LogP contribution in [0.25, 0.3) is 0 Å². The number of hydrogen-bond donors (Lipinski definition) is 1. The number of carbonyl (C=O) groups excluding carboxylic acids is 1. The highest BCUT2D eigenvalue weighted by Crippen LogP contribution is 2.19.